The Morgan fingerprint density at radius 3 is 2.87 bits per heavy atom. The largest absolute Gasteiger partial charge is 0.256 e. The van der Waals surface area contributed by atoms with Crippen molar-refractivity contribution in [1.82, 2.24) is 24.9 Å². The lowest BCUT2D eigenvalue weighted by Crippen LogP contribution is -2.00. The molecule has 5 heteroatoms. The van der Waals surface area contributed by atoms with Gasteiger partial charge in [0, 0.05) is 30.6 Å². The summed E-state index contributed by atoms with van der Waals surface area (Å²) in [4.78, 5) is 21.8. The maximum atomic E-state index is 4.51. The van der Waals surface area contributed by atoms with Crippen LogP contribution in [0.25, 0.3) is 22.8 Å². The van der Waals surface area contributed by atoms with Gasteiger partial charge in [0.1, 0.15) is 11.8 Å². The fourth-order valence-corrected chi connectivity index (χ4v) is 2.81. The molecule has 0 spiro atoms. The number of allylic oxidation sites excluding steroid dienone is 3. The number of hydrogen-bond donors (Lipinski definition) is 0. The Bertz CT molecular complexity index is 938. The number of hydrogen-bond acceptors (Lipinski definition) is 5. The summed E-state index contributed by atoms with van der Waals surface area (Å²) in [5.41, 5.74) is 6.96. The highest BCUT2D eigenvalue weighted by molar-refractivity contribution is 5.80. The van der Waals surface area contributed by atoms with Crippen molar-refractivity contribution in [3.8, 4) is 0 Å². The van der Waals surface area contributed by atoms with Gasteiger partial charge in [-0.25, -0.2) is 19.9 Å². The molecule has 0 amide bonds. The Hall–Kier alpha value is -2.95. The molecule has 112 valence electrons. The van der Waals surface area contributed by atoms with Crippen molar-refractivity contribution in [2.24, 2.45) is 0 Å². The zero-order chi connectivity index (χ0) is 15.6. The van der Waals surface area contributed by atoms with Gasteiger partial charge in [-0.05, 0) is 31.1 Å². The molecular formula is C18H15N5. The standard InChI is InChI=1S/C18H15N5/c1-12-4-5-13(14-3-2-6-19-15(14)9-12)10-16-17-18(23-11-22-16)21-8-7-20-17/h2-3,5-9,11H,4,10H2,1H3. The van der Waals surface area contributed by atoms with E-state index in [1.165, 1.54) is 11.1 Å². The predicted octanol–water partition coefficient (Wildman–Crippen LogP) is 3.25. The van der Waals surface area contributed by atoms with E-state index in [9.17, 15) is 0 Å². The van der Waals surface area contributed by atoms with E-state index in [0.29, 0.717) is 12.1 Å². The van der Waals surface area contributed by atoms with Gasteiger partial charge in [-0.15, -0.1) is 0 Å². The monoisotopic (exact) mass is 301 g/mol. The predicted molar refractivity (Wildman–Crippen MR) is 89.3 cm³/mol. The average molecular weight is 301 g/mol. The molecule has 23 heavy (non-hydrogen) atoms. The SMILES string of the molecule is CC1=Cc2ncccc2C(Cc2ncnc3nccnc23)=CC1. The molecular weight excluding hydrogens is 286 g/mol. The normalized spacial score (nSPS) is 14.0. The Labute approximate surface area is 133 Å². The van der Waals surface area contributed by atoms with Gasteiger partial charge in [-0.2, -0.15) is 0 Å². The van der Waals surface area contributed by atoms with Crippen LogP contribution in [0, 0.1) is 0 Å². The number of nitrogens with zero attached hydrogens (tertiary/aromatic N) is 5. The van der Waals surface area contributed by atoms with Crippen LogP contribution in [0.2, 0.25) is 0 Å². The summed E-state index contributed by atoms with van der Waals surface area (Å²) in [6.45, 7) is 2.13. The van der Waals surface area contributed by atoms with Crippen LogP contribution in [0.5, 0.6) is 0 Å². The first-order valence-electron chi connectivity index (χ1n) is 7.53. The molecule has 0 atom stereocenters. The van der Waals surface area contributed by atoms with E-state index in [4.69, 9.17) is 0 Å². The molecule has 0 aromatic carbocycles. The molecule has 1 aliphatic rings. The van der Waals surface area contributed by atoms with E-state index in [1.807, 2.05) is 12.3 Å². The van der Waals surface area contributed by atoms with E-state index >= 15 is 0 Å². The zero-order valence-corrected chi connectivity index (χ0v) is 12.8. The van der Waals surface area contributed by atoms with Gasteiger partial charge in [0.25, 0.3) is 0 Å². The molecule has 3 heterocycles. The van der Waals surface area contributed by atoms with Crippen molar-refractivity contribution in [2.45, 2.75) is 19.8 Å². The Kier molecular flexibility index (Phi) is 3.38. The van der Waals surface area contributed by atoms with Gasteiger partial charge in [0.2, 0.25) is 0 Å². The molecule has 3 aromatic rings. The highest BCUT2D eigenvalue weighted by Crippen LogP contribution is 2.28. The first-order chi connectivity index (χ1) is 11.3. The second-order valence-corrected chi connectivity index (χ2v) is 5.59. The summed E-state index contributed by atoms with van der Waals surface area (Å²) < 4.78 is 0. The molecule has 0 radical (unpaired) electrons. The summed E-state index contributed by atoms with van der Waals surface area (Å²) >= 11 is 0. The minimum atomic E-state index is 0.632. The topological polar surface area (TPSA) is 64.5 Å². The Balaban J connectivity index is 1.80. The quantitative estimate of drug-likeness (QED) is 0.727. The summed E-state index contributed by atoms with van der Waals surface area (Å²) in [6.07, 6.45) is 12.7. The molecule has 5 nitrogen and oxygen atoms in total. The molecule has 0 fully saturated rings. The first kappa shape index (κ1) is 13.7. The maximum Gasteiger partial charge on any atom is 0.181 e. The van der Waals surface area contributed by atoms with Crippen molar-refractivity contribution < 1.29 is 0 Å². The van der Waals surface area contributed by atoms with Gasteiger partial charge in [-0.3, -0.25) is 4.98 Å². The van der Waals surface area contributed by atoms with E-state index < -0.39 is 0 Å². The minimum Gasteiger partial charge on any atom is -0.256 e. The maximum absolute atomic E-state index is 4.51. The van der Waals surface area contributed by atoms with Crippen LogP contribution >= 0.6 is 0 Å². The van der Waals surface area contributed by atoms with Crippen LogP contribution in [0.15, 0.2) is 48.7 Å². The lowest BCUT2D eigenvalue weighted by molar-refractivity contribution is 1.05. The van der Waals surface area contributed by atoms with Crippen LogP contribution in [0.3, 0.4) is 0 Å². The lowest BCUT2D eigenvalue weighted by Gasteiger charge is -2.09. The summed E-state index contributed by atoms with van der Waals surface area (Å²) in [5.74, 6) is 0. The van der Waals surface area contributed by atoms with Gasteiger partial charge < -0.3 is 0 Å². The summed E-state index contributed by atoms with van der Waals surface area (Å²) in [7, 11) is 0. The van der Waals surface area contributed by atoms with Crippen molar-refractivity contribution in [2.75, 3.05) is 0 Å². The van der Waals surface area contributed by atoms with Crippen molar-refractivity contribution >= 4 is 22.8 Å². The van der Waals surface area contributed by atoms with E-state index in [0.717, 1.165) is 28.9 Å². The van der Waals surface area contributed by atoms with Gasteiger partial charge in [-0.1, -0.05) is 17.7 Å². The van der Waals surface area contributed by atoms with Crippen molar-refractivity contribution in [3.05, 3.63) is 65.7 Å². The molecule has 1 aliphatic carbocycles. The highest BCUT2D eigenvalue weighted by atomic mass is 14.9. The number of aromatic nitrogens is 5. The highest BCUT2D eigenvalue weighted by Gasteiger charge is 2.14. The second-order valence-electron chi connectivity index (χ2n) is 5.59. The minimum absolute atomic E-state index is 0.632. The van der Waals surface area contributed by atoms with E-state index in [-0.39, 0.29) is 0 Å². The van der Waals surface area contributed by atoms with Crippen LogP contribution in [-0.4, -0.2) is 24.9 Å². The molecule has 0 N–H and O–H groups in total. The fraction of sp³-hybridized carbons (Fsp3) is 0.167. The van der Waals surface area contributed by atoms with E-state index in [1.54, 1.807) is 18.7 Å². The molecule has 0 aliphatic heterocycles. The fourth-order valence-electron chi connectivity index (χ4n) is 2.81. The third kappa shape index (κ3) is 2.61. The number of rotatable bonds is 2. The molecule has 0 saturated carbocycles. The van der Waals surface area contributed by atoms with Crippen molar-refractivity contribution in [1.29, 1.82) is 0 Å². The Morgan fingerprint density at radius 1 is 1.00 bits per heavy atom. The van der Waals surface area contributed by atoms with Gasteiger partial charge >= 0.3 is 0 Å². The zero-order valence-electron chi connectivity index (χ0n) is 12.8. The third-order valence-electron chi connectivity index (χ3n) is 3.94. The molecule has 0 bridgehead atoms. The van der Waals surface area contributed by atoms with Crippen LogP contribution in [0.4, 0.5) is 0 Å². The van der Waals surface area contributed by atoms with Gasteiger partial charge in [0.05, 0.1) is 11.4 Å². The summed E-state index contributed by atoms with van der Waals surface area (Å²) in [6, 6.07) is 4.08. The average Bonchev–Trinajstić information content (AvgIpc) is 2.74. The smallest absolute Gasteiger partial charge is 0.181 e. The van der Waals surface area contributed by atoms with E-state index in [2.05, 4.69) is 50.1 Å². The van der Waals surface area contributed by atoms with Crippen LogP contribution in [0.1, 0.15) is 30.3 Å². The molecule has 0 saturated heterocycles. The lowest BCUT2D eigenvalue weighted by atomic mass is 9.99. The third-order valence-corrected chi connectivity index (χ3v) is 3.94. The number of fused-ring (bicyclic) bond motifs is 2. The first-order valence-corrected chi connectivity index (χ1v) is 7.53. The number of pyridine rings is 1. The Morgan fingerprint density at radius 2 is 1.91 bits per heavy atom. The van der Waals surface area contributed by atoms with Crippen molar-refractivity contribution in [3.63, 3.8) is 0 Å². The van der Waals surface area contributed by atoms with Crippen LogP contribution < -0.4 is 0 Å². The van der Waals surface area contributed by atoms with Gasteiger partial charge in [0.15, 0.2) is 5.65 Å². The van der Waals surface area contributed by atoms with Crippen LogP contribution in [-0.2, 0) is 6.42 Å². The molecule has 4 rings (SSSR count). The molecule has 0 unspecified atom stereocenters. The molecule has 3 aromatic heterocycles. The summed E-state index contributed by atoms with van der Waals surface area (Å²) in [5, 5.41) is 0. The second kappa shape index (κ2) is 5.68.